The van der Waals surface area contributed by atoms with E-state index in [1.54, 1.807) is 0 Å². The third kappa shape index (κ3) is 4.09. The molecule has 1 fully saturated rings. The van der Waals surface area contributed by atoms with Crippen molar-refractivity contribution in [2.24, 2.45) is 0 Å². The Morgan fingerprint density at radius 2 is 2.05 bits per heavy atom. The molecule has 21 heavy (non-hydrogen) atoms. The number of hydrogen-bond donors (Lipinski definition) is 2. The van der Waals surface area contributed by atoms with Crippen molar-refractivity contribution in [3.8, 4) is 0 Å². The summed E-state index contributed by atoms with van der Waals surface area (Å²) in [6, 6.07) is 2.21. The smallest absolute Gasteiger partial charge is 0.315 e. The zero-order chi connectivity index (χ0) is 15.7. The Balaban J connectivity index is 2.35. The van der Waals surface area contributed by atoms with E-state index >= 15 is 0 Å². The van der Waals surface area contributed by atoms with Crippen LogP contribution in [0.15, 0.2) is 23.1 Å². The van der Waals surface area contributed by atoms with Crippen molar-refractivity contribution in [3.05, 3.63) is 28.8 Å². The molecule has 0 radical (unpaired) electrons. The molecule has 118 valence electrons. The highest BCUT2D eigenvalue weighted by molar-refractivity contribution is 7.89. The van der Waals surface area contributed by atoms with Gasteiger partial charge in [0.05, 0.1) is 10.5 Å². The van der Waals surface area contributed by atoms with Crippen LogP contribution in [-0.2, 0) is 16.2 Å². The summed E-state index contributed by atoms with van der Waals surface area (Å²) in [6.45, 7) is 1.17. The molecule has 4 nitrogen and oxygen atoms in total. The van der Waals surface area contributed by atoms with Crippen LogP contribution in [0, 0.1) is 0 Å². The molecule has 0 amide bonds. The summed E-state index contributed by atoms with van der Waals surface area (Å²) in [5.74, 6) is 0. The minimum atomic E-state index is -4.79. The number of halogens is 4. The molecule has 1 heterocycles. The Labute approximate surface area is 125 Å². The van der Waals surface area contributed by atoms with Gasteiger partial charge in [-0.05, 0) is 37.6 Å². The van der Waals surface area contributed by atoms with E-state index in [-0.39, 0.29) is 5.02 Å². The van der Waals surface area contributed by atoms with Gasteiger partial charge in [0.15, 0.2) is 0 Å². The van der Waals surface area contributed by atoms with Crippen molar-refractivity contribution < 1.29 is 21.6 Å². The molecule has 1 aromatic rings. The Hall–Kier alpha value is -0.830. The normalized spacial score (nSPS) is 20.5. The van der Waals surface area contributed by atoms with Crippen LogP contribution in [0.4, 0.5) is 13.2 Å². The summed E-state index contributed by atoms with van der Waals surface area (Å²) in [5, 5.41) is 2.83. The molecule has 1 aliphatic heterocycles. The van der Waals surface area contributed by atoms with E-state index in [1.807, 2.05) is 0 Å². The quantitative estimate of drug-likeness (QED) is 0.886. The fourth-order valence-corrected chi connectivity index (χ4v) is 3.84. The second-order valence-corrected chi connectivity index (χ2v) is 6.92. The summed E-state index contributed by atoms with van der Waals surface area (Å²) in [6.07, 6.45) is -3.44. The van der Waals surface area contributed by atoms with Gasteiger partial charge >= 0.3 is 6.18 Å². The van der Waals surface area contributed by atoms with Crippen molar-refractivity contribution in [1.29, 1.82) is 0 Å². The zero-order valence-corrected chi connectivity index (χ0v) is 12.4. The first-order chi connectivity index (χ1) is 9.70. The van der Waals surface area contributed by atoms with E-state index in [2.05, 4.69) is 10.0 Å². The third-order valence-corrected chi connectivity index (χ3v) is 4.97. The lowest BCUT2D eigenvalue weighted by molar-refractivity contribution is -0.139. The van der Waals surface area contributed by atoms with Gasteiger partial charge in [0, 0.05) is 17.6 Å². The SMILES string of the molecule is O=S(=O)(N[C@H]1CCCNC1)c1ccc(Cl)cc1C(F)(F)F. The lowest BCUT2D eigenvalue weighted by Crippen LogP contribution is -2.45. The molecule has 2 rings (SSSR count). The highest BCUT2D eigenvalue weighted by Crippen LogP contribution is 2.35. The Morgan fingerprint density at radius 3 is 2.62 bits per heavy atom. The van der Waals surface area contributed by atoms with E-state index in [1.165, 1.54) is 0 Å². The van der Waals surface area contributed by atoms with Crippen LogP contribution in [0.25, 0.3) is 0 Å². The van der Waals surface area contributed by atoms with Gasteiger partial charge in [-0.25, -0.2) is 13.1 Å². The molecular weight excluding hydrogens is 329 g/mol. The minimum Gasteiger partial charge on any atom is -0.315 e. The lowest BCUT2D eigenvalue weighted by Gasteiger charge is -2.24. The van der Waals surface area contributed by atoms with E-state index in [4.69, 9.17) is 11.6 Å². The number of rotatable bonds is 3. The molecule has 1 aliphatic rings. The molecule has 0 aliphatic carbocycles. The molecular formula is C12H14ClF3N2O2S. The fourth-order valence-electron chi connectivity index (χ4n) is 2.19. The van der Waals surface area contributed by atoms with E-state index in [0.717, 1.165) is 25.1 Å². The molecule has 1 aromatic carbocycles. The second kappa shape index (κ2) is 6.12. The Morgan fingerprint density at radius 1 is 1.33 bits per heavy atom. The Bertz CT molecular complexity index is 613. The zero-order valence-electron chi connectivity index (χ0n) is 10.9. The molecule has 0 bridgehead atoms. The topological polar surface area (TPSA) is 58.2 Å². The van der Waals surface area contributed by atoms with Gasteiger partial charge in [-0.2, -0.15) is 13.2 Å². The average Bonchev–Trinajstić information content (AvgIpc) is 2.38. The minimum absolute atomic E-state index is 0.166. The number of benzene rings is 1. The maximum Gasteiger partial charge on any atom is 0.417 e. The van der Waals surface area contributed by atoms with Crippen molar-refractivity contribution in [3.63, 3.8) is 0 Å². The van der Waals surface area contributed by atoms with Crippen LogP contribution >= 0.6 is 11.6 Å². The maximum atomic E-state index is 13.0. The summed E-state index contributed by atoms with van der Waals surface area (Å²) in [7, 11) is -4.26. The summed E-state index contributed by atoms with van der Waals surface area (Å²) in [4.78, 5) is -0.801. The molecule has 0 unspecified atom stereocenters. The van der Waals surface area contributed by atoms with Crippen LogP contribution in [0.3, 0.4) is 0 Å². The van der Waals surface area contributed by atoms with Gasteiger partial charge in [0.25, 0.3) is 0 Å². The summed E-state index contributed by atoms with van der Waals surface area (Å²) in [5.41, 5.74) is -1.26. The fraction of sp³-hybridized carbons (Fsp3) is 0.500. The van der Waals surface area contributed by atoms with Crippen molar-refractivity contribution in [2.75, 3.05) is 13.1 Å². The van der Waals surface area contributed by atoms with E-state index in [0.29, 0.717) is 19.0 Å². The van der Waals surface area contributed by atoms with Crippen LogP contribution < -0.4 is 10.0 Å². The number of alkyl halides is 3. The lowest BCUT2D eigenvalue weighted by atomic mass is 10.1. The van der Waals surface area contributed by atoms with Crippen LogP contribution in [-0.4, -0.2) is 27.5 Å². The number of nitrogens with one attached hydrogen (secondary N) is 2. The number of sulfonamides is 1. The first-order valence-corrected chi connectivity index (χ1v) is 8.16. The molecule has 1 atom stereocenters. The van der Waals surface area contributed by atoms with E-state index < -0.39 is 32.7 Å². The van der Waals surface area contributed by atoms with Crippen LogP contribution in [0.5, 0.6) is 0 Å². The largest absolute Gasteiger partial charge is 0.417 e. The summed E-state index contributed by atoms with van der Waals surface area (Å²) < 4.78 is 65.6. The van der Waals surface area contributed by atoms with Crippen molar-refractivity contribution in [1.82, 2.24) is 10.0 Å². The van der Waals surface area contributed by atoms with Gasteiger partial charge < -0.3 is 5.32 Å². The molecule has 1 saturated heterocycles. The van der Waals surface area contributed by atoms with Crippen molar-refractivity contribution in [2.45, 2.75) is 30.0 Å². The number of hydrogen-bond acceptors (Lipinski definition) is 3. The predicted octanol–water partition coefficient (Wildman–Crippen LogP) is 2.39. The maximum absolute atomic E-state index is 13.0. The van der Waals surface area contributed by atoms with Crippen LogP contribution in [0.1, 0.15) is 18.4 Å². The van der Waals surface area contributed by atoms with E-state index in [9.17, 15) is 21.6 Å². The van der Waals surface area contributed by atoms with Gasteiger partial charge in [-0.1, -0.05) is 11.6 Å². The first-order valence-electron chi connectivity index (χ1n) is 6.30. The predicted molar refractivity (Wildman–Crippen MR) is 72.7 cm³/mol. The van der Waals surface area contributed by atoms with Gasteiger partial charge in [0.2, 0.25) is 10.0 Å². The van der Waals surface area contributed by atoms with Gasteiger partial charge in [-0.15, -0.1) is 0 Å². The molecule has 2 N–H and O–H groups in total. The first kappa shape index (κ1) is 16.5. The average molecular weight is 343 g/mol. The van der Waals surface area contributed by atoms with Gasteiger partial charge in [0.1, 0.15) is 0 Å². The standard InChI is InChI=1S/C12H14ClF3N2O2S/c13-8-3-4-11(10(6-8)12(14,15)16)21(19,20)18-9-2-1-5-17-7-9/h3-4,6,9,17-18H,1-2,5,7H2/t9-/m0/s1. The summed E-state index contributed by atoms with van der Waals surface area (Å²) >= 11 is 5.54. The molecule has 0 spiro atoms. The molecule has 0 aromatic heterocycles. The third-order valence-electron chi connectivity index (χ3n) is 3.16. The van der Waals surface area contributed by atoms with Gasteiger partial charge in [-0.3, -0.25) is 0 Å². The Kier molecular flexibility index (Phi) is 4.82. The molecule has 9 heteroatoms. The highest BCUT2D eigenvalue weighted by atomic mass is 35.5. The monoisotopic (exact) mass is 342 g/mol. The highest BCUT2D eigenvalue weighted by Gasteiger charge is 2.38. The number of piperidine rings is 1. The second-order valence-electron chi connectivity index (χ2n) is 4.80. The van der Waals surface area contributed by atoms with Crippen LogP contribution in [0.2, 0.25) is 5.02 Å². The molecule has 0 saturated carbocycles. The van der Waals surface area contributed by atoms with Crippen molar-refractivity contribution >= 4 is 21.6 Å².